The molecule has 5 nitrogen and oxygen atoms in total. The quantitative estimate of drug-likeness (QED) is 0.864. The molecule has 6 heteroatoms. The Morgan fingerprint density at radius 2 is 2.05 bits per heavy atom. The summed E-state index contributed by atoms with van der Waals surface area (Å²) in [5, 5.41) is 0. The SMILES string of the molecule is COc1cccc(CS(=O)(=O)NCC2CCN(C)CC2)c1. The van der Waals surface area contributed by atoms with Gasteiger partial charge in [0.1, 0.15) is 5.75 Å². The number of benzene rings is 1. The zero-order chi connectivity index (χ0) is 15.3. The first-order chi connectivity index (χ1) is 9.98. The lowest BCUT2D eigenvalue weighted by Gasteiger charge is -2.28. The van der Waals surface area contributed by atoms with Gasteiger partial charge in [-0.05, 0) is 56.6 Å². The lowest BCUT2D eigenvalue weighted by atomic mass is 9.98. The molecule has 0 radical (unpaired) electrons. The van der Waals surface area contributed by atoms with Crippen molar-refractivity contribution in [2.24, 2.45) is 5.92 Å². The van der Waals surface area contributed by atoms with Crippen LogP contribution in [0.3, 0.4) is 0 Å². The number of likely N-dealkylation sites (tertiary alicyclic amines) is 1. The van der Waals surface area contributed by atoms with Gasteiger partial charge in [0, 0.05) is 6.54 Å². The summed E-state index contributed by atoms with van der Waals surface area (Å²) in [6, 6.07) is 7.18. The second-order valence-electron chi connectivity index (χ2n) is 5.71. The molecule has 1 fully saturated rings. The number of hydrogen-bond acceptors (Lipinski definition) is 4. The number of piperidine rings is 1. The van der Waals surface area contributed by atoms with Crippen LogP contribution < -0.4 is 9.46 Å². The predicted molar refractivity (Wildman–Crippen MR) is 83.8 cm³/mol. The van der Waals surface area contributed by atoms with Gasteiger partial charge in [0.25, 0.3) is 0 Å². The van der Waals surface area contributed by atoms with E-state index in [0.717, 1.165) is 31.5 Å². The average Bonchev–Trinajstić information content (AvgIpc) is 2.46. The Morgan fingerprint density at radius 3 is 2.71 bits per heavy atom. The van der Waals surface area contributed by atoms with Crippen LogP contribution in [0, 0.1) is 5.92 Å². The van der Waals surface area contributed by atoms with E-state index in [9.17, 15) is 8.42 Å². The Bertz CT molecular complexity index is 552. The fraction of sp³-hybridized carbons (Fsp3) is 0.600. The molecule has 1 saturated heterocycles. The molecule has 1 aliphatic rings. The summed E-state index contributed by atoms with van der Waals surface area (Å²) in [6.45, 7) is 2.63. The van der Waals surface area contributed by atoms with E-state index in [1.807, 2.05) is 6.07 Å². The molecule has 0 aromatic heterocycles. The van der Waals surface area contributed by atoms with Crippen molar-refractivity contribution >= 4 is 10.0 Å². The van der Waals surface area contributed by atoms with E-state index in [1.165, 1.54) is 0 Å². The topological polar surface area (TPSA) is 58.6 Å². The van der Waals surface area contributed by atoms with Crippen LogP contribution in [0.2, 0.25) is 0 Å². The molecule has 21 heavy (non-hydrogen) atoms. The van der Waals surface area contributed by atoms with E-state index in [-0.39, 0.29) is 5.75 Å². The minimum atomic E-state index is -3.29. The lowest BCUT2D eigenvalue weighted by molar-refractivity contribution is 0.220. The monoisotopic (exact) mass is 312 g/mol. The van der Waals surface area contributed by atoms with Crippen LogP contribution >= 0.6 is 0 Å². The zero-order valence-corrected chi connectivity index (χ0v) is 13.5. The molecule has 1 aromatic carbocycles. The first-order valence-corrected chi connectivity index (χ1v) is 8.92. The Hall–Kier alpha value is -1.11. The van der Waals surface area contributed by atoms with Gasteiger partial charge in [-0.1, -0.05) is 12.1 Å². The lowest BCUT2D eigenvalue weighted by Crippen LogP contribution is -2.37. The van der Waals surface area contributed by atoms with Gasteiger partial charge in [-0.25, -0.2) is 13.1 Å². The number of sulfonamides is 1. The van der Waals surface area contributed by atoms with E-state index < -0.39 is 10.0 Å². The van der Waals surface area contributed by atoms with E-state index in [2.05, 4.69) is 16.7 Å². The molecule has 1 aromatic rings. The largest absolute Gasteiger partial charge is 0.497 e. The van der Waals surface area contributed by atoms with E-state index in [4.69, 9.17) is 4.74 Å². The molecule has 1 heterocycles. The summed E-state index contributed by atoms with van der Waals surface area (Å²) in [4.78, 5) is 2.28. The molecule has 1 N–H and O–H groups in total. The summed E-state index contributed by atoms with van der Waals surface area (Å²) >= 11 is 0. The van der Waals surface area contributed by atoms with Crippen molar-refractivity contribution in [3.63, 3.8) is 0 Å². The van der Waals surface area contributed by atoms with Gasteiger partial charge in [0.15, 0.2) is 0 Å². The first kappa shape index (κ1) is 16.3. The van der Waals surface area contributed by atoms with Crippen molar-refractivity contribution in [3.05, 3.63) is 29.8 Å². The fourth-order valence-electron chi connectivity index (χ4n) is 2.54. The second-order valence-corrected chi connectivity index (χ2v) is 7.51. The molecule has 2 rings (SSSR count). The standard InChI is InChI=1S/C15H24N2O3S/c1-17-8-6-13(7-9-17)11-16-21(18,19)12-14-4-3-5-15(10-14)20-2/h3-5,10,13,16H,6-9,11-12H2,1-2H3. The number of nitrogens with one attached hydrogen (secondary N) is 1. The van der Waals surface area contributed by atoms with Gasteiger partial charge in [0.2, 0.25) is 10.0 Å². The van der Waals surface area contributed by atoms with Crippen LogP contribution in [0.25, 0.3) is 0 Å². The highest BCUT2D eigenvalue weighted by atomic mass is 32.2. The number of methoxy groups -OCH3 is 1. The molecule has 0 amide bonds. The normalized spacial score (nSPS) is 17.8. The third-order valence-corrected chi connectivity index (χ3v) is 5.24. The molecular weight excluding hydrogens is 288 g/mol. The van der Waals surface area contributed by atoms with Gasteiger partial charge >= 0.3 is 0 Å². The van der Waals surface area contributed by atoms with Crippen LogP contribution in [0.1, 0.15) is 18.4 Å². The highest BCUT2D eigenvalue weighted by Gasteiger charge is 2.19. The van der Waals surface area contributed by atoms with Crippen molar-refractivity contribution in [1.29, 1.82) is 0 Å². The van der Waals surface area contributed by atoms with Crippen molar-refractivity contribution in [3.8, 4) is 5.75 Å². The van der Waals surface area contributed by atoms with Crippen LogP contribution in [-0.4, -0.2) is 47.1 Å². The zero-order valence-electron chi connectivity index (χ0n) is 12.7. The van der Waals surface area contributed by atoms with Gasteiger partial charge in [0.05, 0.1) is 12.9 Å². The summed E-state index contributed by atoms with van der Waals surface area (Å²) in [7, 11) is 0.384. The molecule has 0 atom stereocenters. The van der Waals surface area contributed by atoms with Gasteiger partial charge in [-0.2, -0.15) is 0 Å². The summed E-state index contributed by atoms with van der Waals surface area (Å²) in [5.74, 6) is 1.12. The van der Waals surface area contributed by atoms with Gasteiger partial charge in [-0.15, -0.1) is 0 Å². The molecule has 0 saturated carbocycles. The van der Waals surface area contributed by atoms with E-state index >= 15 is 0 Å². The maximum Gasteiger partial charge on any atom is 0.215 e. The molecule has 0 bridgehead atoms. The van der Waals surface area contributed by atoms with Gasteiger partial charge < -0.3 is 9.64 Å². The second kappa shape index (κ2) is 7.24. The molecular formula is C15H24N2O3S. The number of nitrogens with zero attached hydrogens (tertiary/aromatic N) is 1. The number of hydrogen-bond donors (Lipinski definition) is 1. The first-order valence-electron chi connectivity index (χ1n) is 7.27. The number of ether oxygens (including phenoxy) is 1. The minimum Gasteiger partial charge on any atom is -0.497 e. The molecule has 0 spiro atoms. The number of rotatable bonds is 6. The summed E-state index contributed by atoms with van der Waals surface area (Å²) in [6.07, 6.45) is 2.11. The summed E-state index contributed by atoms with van der Waals surface area (Å²) < 4.78 is 32.1. The van der Waals surface area contributed by atoms with Crippen molar-refractivity contribution < 1.29 is 13.2 Å². The Morgan fingerprint density at radius 1 is 1.33 bits per heavy atom. The molecule has 1 aliphatic heterocycles. The third-order valence-electron chi connectivity index (χ3n) is 3.92. The third kappa shape index (κ3) is 5.30. The molecule has 0 aliphatic carbocycles. The highest BCUT2D eigenvalue weighted by Crippen LogP contribution is 2.17. The Labute approximate surface area is 127 Å². The van der Waals surface area contributed by atoms with Gasteiger partial charge in [-0.3, -0.25) is 0 Å². The van der Waals surface area contributed by atoms with Crippen molar-refractivity contribution in [2.45, 2.75) is 18.6 Å². The van der Waals surface area contributed by atoms with Crippen LogP contribution in [-0.2, 0) is 15.8 Å². The average molecular weight is 312 g/mol. The van der Waals surface area contributed by atoms with Crippen LogP contribution in [0.15, 0.2) is 24.3 Å². The highest BCUT2D eigenvalue weighted by molar-refractivity contribution is 7.88. The predicted octanol–water partition coefficient (Wildman–Crippen LogP) is 1.46. The maximum atomic E-state index is 12.1. The smallest absolute Gasteiger partial charge is 0.215 e. The van der Waals surface area contributed by atoms with E-state index in [0.29, 0.717) is 18.2 Å². The van der Waals surface area contributed by atoms with Crippen LogP contribution in [0.4, 0.5) is 0 Å². The Balaban J connectivity index is 1.86. The minimum absolute atomic E-state index is 0.00315. The van der Waals surface area contributed by atoms with Crippen molar-refractivity contribution in [2.75, 3.05) is 33.8 Å². The van der Waals surface area contributed by atoms with Crippen molar-refractivity contribution in [1.82, 2.24) is 9.62 Å². The summed E-state index contributed by atoms with van der Waals surface area (Å²) in [5.41, 5.74) is 0.741. The maximum absolute atomic E-state index is 12.1. The molecule has 118 valence electrons. The molecule has 0 unspecified atom stereocenters. The fourth-order valence-corrected chi connectivity index (χ4v) is 3.75. The Kier molecular flexibility index (Phi) is 5.61. The van der Waals surface area contributed by atoms with Crippen LogP contribution in [0.5, 0.6) is 5.75 Å². The van der Waals surface area contributed by atoms with E-state index in [1.54, 1.807) is 25.3 Å².